The standard InChI is InChI=1S/C15H13BrN2O3/c1-10-8-13(6-7-14(10)18(20)21)17-15(19)9-11-2-4-12(16)5-3-11/h2-8H,9H2,1H3,(H,17,19). The Morgan fingerprint density at radius 1 is 1.24 bits per heavy atom. The van der Waals surface area contributed by atoms with Gasteiger partial charge in [0.05, 0.1) is 11.3 Å². The van der Waals surface area contributed by atoms with Gasteiger partial charge in [0, 0.05) is 21.8 Å². The van der Waals surface area contributed by atoms with Crippen LogP contribution in [0.15, 0.2) is 46.9 Å². The zero-order valence-corrected chi connectivity index (χ0v) is 12.9. The molecule has 0 spiro atoms. The number of benzene rings is 2. The zero-order chi connectivity index (χ0) is 15.4. The van der Waals surface area contributed by atoms with Crippen LogP contribution in [-0.4, -0.2) is 10.8 Å². The number of nitrogens with zero attached hydrogens (tertiary/aromatic N) is 1. The number of carbonyl (C=O) groups is 1. The SMILES string of the molecule is Cc1cc(NC(=O)Cc2ccc(Br)cc2)ccc1[N+](=O)[O-]. The average molecular weight is 349 g/mol. The first-order valence-electron chi connectivity index (χ1n) is 6.25. The van der Waals surface area contributed by atoms with E-state index >= 15 is 0 Å². The lowest BCUT2D eigenvalue weighted by molar-refractivity contribution is -0.385. The maximum absolute atomic E-state index is 11.9. The van der Waals surface area contributed by atoms with Crippen molar-refractivity contribution in [3.63, 3.8) is 0 Å². The molecule has 108 valence electrons. The minimum atomic E-state index is -0.442. The number of rotatable bonds is 4. The van der Waals surface area contributed by atoms with Crippen LogP contribution in [0, 0.1) is 17.0 Å². The van der Waals surface area contributed by atoms with E-state index < -0.39 is 4.92 Å². The Labute approximate surface area is 130 Å². The fraction of sp³-hybridized carbons (Fsp3) is 0.133. The molecule has 2 rings (SSSR count). The van der Waals surface area contributed by atoms with E-state index in [9.17, 15) is 14.9 Å². The van der Waals surface area contributed by atoms with Crippen molar-refractivity contribution in [1.29, 1.82) is 0 Å². The van der Waals surface area contributed by atoms with E-state index in [-0.39, 0.29) is 18.0 Å². The molecular weight excluding hydrogens is 336 g/mol. The maximum atomic E-state index is 11.9. The highest BCUT2D eigenvalue weighted by Crippen LogP contribution is 2.21. The van der Waals surface area contributed by atoms with Crippen molar-refractivity contribution in [2.45, 2.75) is 13.3 Å². The van der Waals surface area contributed by atoms with Crippen LogP contribution in [0.2, 0.25) is 0 Å². The summed E-state index contributed by atoms with van der Waals surface area (Å²) in [6, 6.07) is 12.0. The largest absolute Gasteiger partial charge is 0.326 e. The molecule has 2 aromatic rings. The second-order valence-electron chi connectivity index (χ2n) is 4.61. The monoisotopic (exact) mass is 348 g/mol. The van der Waals surface area contributed by atoms with Gasteiger partial charge in [0.15, 0.2) is 0 Å². The topological polar surface area (TPSA) is 72.2 Å². The first-order valence-corrected chi connectivity index (χ1v) is 7.04. The minimum absolute atomic E-state index is 0.0425. The van der Waals surface area contributed by atoms with Crippen molar-refractivity contribution in [3.05, 3.63) is 68.2 Å². The summed E-state index contributed by atoms with van der Waals surface area (Å²) in [7, 11) is 0. The van der Waals surface area contributed by atoms with Crippen molar-refractivity contribution in [1.82, 2.24) is 0 Å². The van der Waals surface area contributed by atoms with Gasteiger partial charge in [-0.05, 0) is 36.8 Å². The molecule has 0 saturated heterocycles. The first kappa shape index (κ1) is 15.2. The molecular formula is C15H13BrN2O3. The van der Waals surface area contributed by atoms with Crippen LogP contribution in [-0.2, 0) is 11.2 Å². The third kappa shape index (κ3) is 4.13. The van der Waals surface area contributed by atoms with Gasteiger partial charge in [-0.25, -0.2) is 0 Å². The highest BCUT2D eigenvalue weighted by atomic mass is 79.9. The zero-order valence-electron chi connectivity index (χ0n) is 11.3. The quantitative estimate of drug-likeness (QED) is 0.673. The summed E-state index contributed by atoms with van der Waals surface area (Å²) in [5, 5.41) is 13.5. The van der Waals surface area contributed by atoms with Gasteiger partial charge < -0.3 is 5.32 Å². The number of nitro benzene ring substituents is 1. The average Bonchev–Trinajstić information content (AvgIpc) is 2.41. The van der Waals surface area contributed by atoms with Crippen LogP contribution >= 0.6 is 15.9 Å². The Bertz CT molecular complexity index is 684. The molecule has 0 radical (unpaired) electrons. The van der Waals surface area contributed by atoms with Gasteiger partial charge in [0.25, 0.3) is 5.69 Å². The summed E-state index contributed by atoms with van der Waals surface area (Å²) < 4.78 is 0.956. The number of aryl methyl sites for hydroxylation is 1. The predicted molar refractivity (Wildman–Crippen MR) is 84.3 cm³/mol. The molecule has 0 heterocycles. The summed E-state index contributed by atoms with van der Waals surface area (Å²) in [6.07, 6.45) is 0.253. The smallest absolute Gasteiger partial charge is 0.272 e. The number of carbonyl (C=O) groups excluding carboxylic acids is 1. The van der Waals surface area contributed by atoms with Gasteiger partial charge in [-0.15, -0.1) is 0 Å². The number of hydrogen-bond acceptors (Lipinski definition) is 3. The molecule has 0 atom stereocenters. The lowest BCUT2D eigenvalue weighted by atomic mass is 10.1. The van der Waals surface area contributed by atoms with E-state index in [0.717, 1.165) is 10.0 Å². The molecule has 1 amide bonds. The van der Waals surface area contributed by atoms with Crippen molar-refractivity contribution in [2.75, 3.05) is 5.32 Å². The number of anilines is 1. The van der Waals surface area contributed by atoms with Crippen LogP contribution in [0.25, 0.3) is 0 Å². The normalized spacial score (nSPS) is 10.2. The molecule has 0 aliphatic rings. The highest BCUT2D eigenvalue weighted by Gasteiger charge is 2.11. The molecule has 0 fully saturated rings. The molecule has 0 aromatic heterocycles. The van der Waals surface area contributed by atoms with Crippen molar-refractivity contribution < 1.29 is 9.72 Å². The molecule has 0 bridgehead atoms. The van der Waals surface area contributed by atoms with Crippen molar-refractivity contribution in [3.8, 4) is 0 Å². The van der Waals surface area contributed by atoms with E-state index in [1.54, 1.807) is 13.0 Å². The molecule has 0 unspecified atom stereocenters. The van der Waals surface area contributed by atoms with Gasteiger partial charge in [-0.3, -0.25) is 14.9 Å². The van der Waals surface area contributed by atoms with Gasteiger partial charge in [-0.2, -0.15) is 0 Å². The Morgan fingerprint density at radius 3 is 2.48 bits per heavy atom. The van der Waals surface area contributed by atoms with Crippen LogP contribution < -0.4 is 5.32 Å². The second kappa shape index (κ2) is 6.49. The fourth-order valence-electron chi connectivity index (χ4n) is 1.93. The Morgan fingerprint density at radius 2 is 1.90 bits per heavy atom. The Kier molecular flexibility index (Phi) is 4.70. The highest BCUT2D eigenvalue weighted by molar-refractivity contribution is 9.10. The molecule has 5 nitrogen and oxygen atoms in total. The Hall–Kier alpha value is -2.21. The van der Waals surface area contributed by atoms with Crippen LogP contribution in [0.3, 0.4) is 0 Å². The summed E-state index contributed by atoms with van der Waals surface area (Å²) >= 11 is 3.34. The number of halogens is 1. The Balaban J connectivity index is 2.04. The van der Waals surface area contributed by atoms with E-state index in [1.165, 1.54) is 12.1 Å². The molecule has 6 heteroatoms. The minimum Gasteiger partial charge on any atom is -0.326 e. The first-order chi connectivity index (χ1) is 9.95. The summed E-state index contributed by atoms with van der Waals surface area (Å²) in [4.78, 5) is 22.2. The van der Waals surface area contributed by atoms with Crippen LogP contribution in [0.5, 0.6) is 0 Å². The maximum Gasteiger partial charge on any atom is 0.272 e. The van der Waals surface area contributed by atoms with E-state index in [1.807, 2.05) is 24.3 Å². The number of hydrogen-bond donors (Lipinski definition) is 1. The fourth-order valence-corrected chi connectivity index (χ4v) is 2.20. The van der Waals surface area contributed by atoms with Crippen molar-refractivity contribution >= 4 is 33.2 Å². The lowest BCUT2D eigenvalue weighted by Crippen LogP contribution is -2.14. The second-order valence-corrected chi connectivity index (χ2v) is 5.53. The number of nitro groups is 1. The summed E-state index contributed by atoms with van der Waals surface area (Å²) in [6.45, 7) is 1.64. The third-order valence-electron chi connectivity index (χ3n) is 2.96. The van der Waals surface area contributed by atoms with Gasteiger partial charge in [-0.1, -0.05) is 28.1 Å². The molecule has 0 saturated carbocycles. The number of amides is 1. The molecule has 21 heavy (non-hydrogen) atoms. The molecule has 1 N–H and O–H groups in total. The summed E-state index contributed by atoms with van der Waals surface area (Å²) in [5.41, 5.74) is 2.01. The van der Waals surface area contributed by atoms with Gasteiger partial charge in [0.1, 0.15) is 0 Å². The van der Waals surface area contributed by atoms with Gasteiger partial charge in [0.2, 0.25) is 5.91 Å². The van der Waals surface area contributed by atoms with Crippen LogP contribution in [0.4, 0.5) is 11.4 Å². The molecule has 0 aliphatic carbocycles. The lowest BCUT2D eigenvalue weighted by Gasteiger charge is -2.06. The number of nitrogens with one attached hydrogen (secondary N) is 1. The van der Waals surface area contributed by atoms with Crippen LogP contribution in [0.1, 0.15) is 11.1 Å². The summed E-state index contributed by atoms with van der Waals surface area (Å²) in [5.74, 6) is -0.162. The predicted octanol–water partition coefficient (Wildman–Crippen LogP) is 3.85. The third-order valence-corrected chi connectivity index (χ3v) is 3.48. The van der Waals surface area contributed by atoms with E-state index in [4.69, 9.17) is 0 Å². The van der Waals surface area contributed by atoms with Gasteiger partial charge >= 0.3 is 0 Å². The van der Waals surface area contributed by atoms with E-state index in [0.29, 0.717) is 11.3 Å². The molecule has 2 aromatic carbocycles. The van der Waals surface area contributed by atoms with Crippen molar-refractivity contribution in [2.24, 2.45) is 0 Å². The molecule has 0 aliphatic heterocycles. The van der Waals surface area contributed by atoms with E-state index in [2.05, 4.69) is 21.2 Å².